The van der Waals surface area contributed by atoms with Crippen molar-refractivity contribution in [2.24, 2.45) is 0 Å². The molecule has 0 atom stereocenters. The standard InChI is InChI=1S/C16H32O3/c1-2-3-4-5-6-7-8-9-10-11-12-13-14-15(17)16(18)19/h16,18-19H,2-14H2,1H3. The molecule has 0 spiro atoms. The fourth-order valence-electron chi connectivity index (χ4n) is 2.27. The van der Waals surface area contributed by atoms with E-state index in [2.05, 4.69) is 6.92 Å². The summed E-state index contributed by atoms with van der Waals surface area (Å²) in [5.41, 5.74) is 0. The van der Waals surface area contributed by atoms with Crippen LogP contribution in [-0.4, -0.2) is 22.3 Å². The van der Waals surface area contributed by atoms with Crippen LogP contribution in [0.25, 0.3) is 0 Å². The molecular weight excluding hydrogens is 240 g/mol. The number of carbonyl (C=O) groups excluding carboxylic acids is 1. The SMILES string of the molecule is CCCCCCCCCCCCCCC(=O)C(O)O. The van der Waals surface area contributed by atoms with E-state index in [4.69, 9.17) is 10.2 Å². The predicted octanol–water partition coefficient (Wildman–Crippen LogP) is 3.96. The summed E-state index contributed by atoms with van der Waals surface area (Å²) in [5.74, 6) is -0.452. The highest BCUT2D eigenvalue weighted by Crippen LogP contribution is 2.12. The zero-order valence-corrected chi connectivity index (χ0v) is 12.6. The van der Waals surface area contributed by atoms with Crippen molar-refractivity contribution < 1.29 is 15.0 Å². The van der Waals surface area contributed by atoms with Crippen molar-refractivity contribution in [1.82, 2.24) is 0 Å². The molecule has 0 heterocycles. The summed E-state index contributed by atoms with van der Waals surface area (Å²) < 4.78 is 0. The van der Waals surface area contributed by atoms with Crippen LogP contribution in [0.5, 0.6) is 0 Å². The predicted molar refractivity (Wildman–Crippen MR) is 78.9 cm³/mol. The number of Topliss-reactive ketones (excluding diaryl/α,β-unsaturated/α-hetero) is 1. The van der Waals surface area contributed by atoms with Crippen molar-refractivity contribution in [2.75, 3.05) is 0 Å². The molecule has 114 valence electrons. The first-order chi connectivity index (χ1) is 9.18. The smallest absolute Gasteiger partial charge is 0.212 e. The Morgan fingerprint density at radius 3 is 1.47 bits per heavy atom. The first-order valence-electron chi connectivity index (χ1n) is 8.07. The lowest BCUT2D eigenvalue weighted by Crippen LogP contribution is -2.18. The first-order valence-corrected chi connectivity index (χ1v) is 8.07. The molecule has 2 N–H and O–H groups in total. The topological polar surface area (TPSA) is 57.5 Å². The Morgan fingerprint density at radius 2 is 1.11 bits per heavy atom. The lowest BCUT2D eigenvalue weighted by molar-refractivity contribution is -0.145. The van der Waals surface area contributed by atoms with Crippen LogP contribution in [0.4, 0.5) is 0 Å². The van der Waals surface area contributed by atoms with Crippen molar-refractivity contribution in [3.63, 3.8) is 0 Å². The van der Waals surface area contributed by atoms with E-state index in [1.807, 2.05) is 0 Å². The zero-order valence-electron chi connectivity index (χ0n) is 12.6. The molecule has 0 radical (unpaired) electrons. The van der Waals surface area contributed by atoms with Gasteiger partial charge in [0, 0.05) is 6.42 Å². The molecule has 0 unspecified atom stereocenters. The number of aliphatic hydroxyl groups excluding tert-OH is 1. The highest BCUT2D eigenvalue weighted by atomic mass is 16.5. The molecule has 19 heavy (non-hydrogen) atoms. The molecule has 0 saturated carbocycles. The largest absolute Gasteiger partial charge is 0.362 e. The Bertz CT molecular complexity index is 202. The number of aliphatic hydroxyl groups is 2. The summed E-state index contributed by atoms with van der Waals surface area (Å²) in [6.45, 7) is 2.24. The molecule has 3 nitrogen and oxygen atoms in total. The van der Waals surface area contributed by atoms with Crippen LogP contribution in [-0.2, 0) is 4.79 Å². The number of unbranched alkanes of at least 4 members (excludes halogenated alkanes) is 11. The summed E-state index contributed by atoms with van der Waals surface area (Å²) >= 11 is 0. The molecule has 0 aliphatic heterocycles. The second-order valence-electron chi connectivity index (χ2n) is 5.48. The number of carbonyl (C=O) groups is 1. The van der Waals surface area contributed by atoms with Crippen LogP contribution in [0.2, 0.25) is 0 Å². The van der Waals surface area contributed by atoms with Crippen LogP contribution in [0.15, 0.2) is 0 Å². The average Bonchev–Trinajstić information content (AvgIpc) is 2.39. The minimum Gasteiger partial charge on any atom is -0.362 e. The van der Waals surface area contributed by atoms with Gasteiger partial charge in [0.25, 0.3) is 0 Å². The number of ketones is 1. The van der Waals surface area contributed by atoms with E-state index in [1.165, 1.54) is 57.8 Å². The van der Waals surface area contributed by atoms with E-state index in [0.717, 1.165) is 19.3 Å². The van der Waals surface area contributed by atoms with Gasteiger partial charge in [-0.05, 0) is 6.42 Å². The Labute approximate surface area is 118 Å². The van der Waals surface area contributed by atoms with E-state index in [1.54, 1.807) is 0 Å². The van der Waals surface area contributed by atoms with Gasteiger partial charge in [-0.2, -0.15) is 0 Å². The summed E-state index contributed by atoms with van der Waals surface area (Å²) in [6, 6.07) is 0. The van der Waals surface area contributed by atoms with Gasteiger partial charge in [-0.25, -0.2) is 0 Å². The molecule has 3 heteroatoms. The number of hydrogen-bond acceptors (Lipinski definition) is 3. The highest BCUT2D eigenvalue weighted by molar-refractivity contribution is 5.81. The fourth-order valence-corrected chi connectivity index (χ4v) is 2.27. The van der Waals surface area contributed by atoms with E-state index < -0.39 is 12.1 Å². The van der Waals surface area contributed by atoms with Gasteiger partial charge in [0.15, 0.2) is 5.78 Å². The zero-order chi connectivity index (χ0) is 14.3. The quantitative estimate of drug-likeness (QED) is 0.372. The van der Waals surface area contributed by atoms with Crippen molar-refractivity contribution in [3.8, 4) is 0 Å². The molecule has 0 aromatic carbocycles. The van der Waals surface area contributed by atoms with Gasteiger partial charge in [0.1, 0.15) is 0 Å². The summed E-state index contributed by atoms with van der Waals surface area (Å²) in [5, 5.41) is 17.2. The van der Waals surface area contributed by atoms with Gasteiger partial charge in [-0.3, -0.25) is 4.79 Å². The molecule has 0 rings (SSSR count). The molecular formula is C16H32O3. The second-order valence-corrected chi connectivity index (χ2v) is 5.48. The van der Waals surface area contributed by atoms with Gasteiger partial charge in [-0.15, -0.1) is 0 Å². The maximum atomic E-state index is 10.9. The summed E-state index contributed by atoms with van der Waals surface area (Å²) in [7, 11) is 0. The monoisotopic (exact) mass is 272 g/mol. The molecule has 0 fully saturated rings. The molecule has 0 aromatic heterocycles. The third kappa shape index (κ3) is 13.8. The van der Waals surface area contributed by atoms with Gasteiger partial charge in [0.2, 0.25) is 6.29 Å². The number of hydrogen-bond donors (Lipinski definition) is 2. The minimum atomic E-state index is -1.77. The molecule has 0 saturated heterocycles. The molecule has 0 bridgehead atoms. The van der Waals surface area contributed by atoms with Gasteiger partial charge < -0.3 is 10.2 Å². The molecule has 0 aromatic rings. The Kier molecular flexibility index (Phi) is 13.7. The van der Waals surface area contributed by atoms with E-state index in [9.17, 15) is 4.79 Å². The lowest BCUT2D eigenvalue weighted by Gasteiger charge is -2.03. The van der Waals surface area contributed by atoms with Gasteiger partial charge in [0.05, 0.1) is 0 Å². The van der Waals surface area contributed by atoms with Gasteiger partial charge in [-0.1, -0.05) is 77.6 Å². The highest BCUT2D eigenvalue weighted by Gasteiger charge is 2.09. The van der Waals surface area contributed by atoms with Crippen molar-refractivity contribution in [2.45, 2.75) is 96.7 Å². The van der Waals surface area contributed by atoms with Crippen molar-refractivity contribution in [1.29, 1.82) is 0 Å². The Balaban J connectivity index is 3.05. The van der Waals surface area contributed by atoms with Crippen LogP contribution < -0.4 is 0 Å². The summed E-state index contributed by atoms with van der Waals surface area (Å²) in [6.07, 6.45) is 13.6. The normalized spacial score (nSPS) is 11.2. The van der Waals surface area contributed by atoms with Gasteiger partial charge >= 0.3 is 0 Å². The Hall–Kier alpha value is -0.410. The Morgan fingerprint density at radius 1 is 0.737 bits per heavy atom. The third-order valence-electron chi connectivity index (χ3n) is 3.56. The first kappa shape index (κ1) is 18.6. The molecule has 0 aliphatic rings. The van der Waals surface area contributed by atoms with Crippen molar-refractivity contribution >= 4 is 5.78 Å². The average molecular weight is 272 g/mol. The van der Waals surface area contributed by atoms with Crippen LogP contribution in [0.1, 0.15) is 90.4 Å². The second kappa shape index (κ2) is 14.0. The van der Waals surface area contributed by atoms with E-state index in [-0.39, 0.29) is 0 Å². The summed E-state index contributed by atoms with van der Waals surface area (Å²) in [4.78, 5) is 10.9. The lowest BCUT2D eigenvalue weighted by atomic mass is 10.0. The van der Waals surface area contributed by atoms with Crippen LogP contribution >= 0.6 is 0 Å². The third-order valence-corrected chi connectivity index (χ3v) is 3.56. The van der Waals surface area contributed by atoms with E-state index >= 15 is 0 Å². The van der Waals surface area contributed by atoms with Crippen LogP contribution in [0.3, 0.4) is 0 Å². The fraction of sp³-hybridized carbons (Fsp3) is 0.938. The molecule has 0 amide bonds. The minimum absolute atomic E-state index is 0.301. The van der Waals surface area contributed by atoms with Crippen LogP contribution in [0, 0.1) is 0 Å². The maximum absolute atomic E-state index is 10.9. The number of rotatable bonds is 14. The van der Waals surface area contributed by atoms with E-state index in [0.29, 0.717) is 6.42 Å². The maximum Gasteiger partial charge on any atom is 0.212 e. The molecule has 0 aliphatic carbocycles. The van der Waals surface area contributed by atoms with Crippen molar-refractivity contribution in [3.05, 3.63) is 0 Å².